The van der Waals surface area contributed by atoms with Crippen molar-refractivity contribution in [2.24, 2.45) is 5.92 Å². The van der Waals surface area contributed by atoms with Gasteiger partial charge in [-0.25, -0.2) is 4.79 Å². The van der Waals surface area contributed by atoms with Gasteiger partial charge in [0.2, 0.25) is 0 Å². The number of ether oxygens (including phenoxy) is 2. The first kappa shape index (κ1) is 16.3. The number of nitrogens with two attached hydrogens (primary N) is 1. The highest BCUT2D eigenvalue weighted by Gasteiger charge is 2.07. The molecule has 0 unspecified atom stereocenters. The second-order valence-corrected chi connectivity index (χ2v) is 5.02. The second kappa shape index (κ2) is 8.43. The molecule has 0 aliphatic rings. The predicted molar refractivity (Wildman–Crippen MR) is 81.0 cm³/mol. The van der Waals surface area contributed by atoms with E-state index in [0.29, 0.717) is 30.3 Å². The first-order valence-electron chi connectivity index (χ1n) is 6.84. The number of rotatable bonds is 8. The van der Waals surface area contributed by atoms with Crippen molar-refractivity contribution in [2.75, 3.05) is 37.9 Å². The Labute approximate surface area is 120 Å². The van der Waals surface area contributed by atoms with Gasteiger partial charge in [-0.05, 0) is 30.5 Å². The number of nitrogens with one attached hydrogen (secondary N) is 1. The van der Waals surface area contributed by atoms with Crippen LogP contribution in [0, 0.1) is 5.92 Å². The molecule has 1 rings (SSSR count). The van der Waals surface area contributed by atoms with Crippen LogP contribution in [0.5, 0.6) is 0 Å². The molecule has 1 aromatic carbocycles. The number of nitrogen functional groups attached to an aromatic ring is 1. The Kier molecular flexibility index (Phi) is 6.87. The summed E-state index contributed by atoms with van der Waals surface area (Å²) in [5, 5.41) is 3.18. The molecule has 0 atom stereocenters. The van der Waals surface area contributed by atoms with Gasteiger partial charge in [-0.15, -0.1) is 0 Å². The van der Waals surface area contributed by atoms with Gasteiger partial charge in [0, 0.05) is 13.2 Å². The molecule has 0 radical (unpaired) electrons. The van der Waals surface area contributed by atoms with Crippen LogP contribution in [0.3, 0.4) is 0 Å². The second-order valence-electron chi connectivity index (χ2n) is 5.02. The molecule has 0 spiro atoms. The molecule has 3 N–H and O–H groups in total. The van der Waals surface area contributed by atoms with Crippen LogP contribution in [0.1, 0.15) is 30.6 Å². The maximum absolute atomic E-state index is 11.3. The van der Waals surface area contributed by atoms with E-state index in [1.54, 1.807) is 18.2 Å². The van der Waals surface area contributed by atoms with Crippen molar-refractivity contribution in [3.8, 4) is 0 Å². The van der Waals surface area contributed by atoms with Gasteiger partial charge in [-0.2, -0.15) is 0 Å². The Bertz CT molecular complexity index is 433. The SMILES string of the molecule is COC(=O)c1ccc(NCCOCCC(C)C)c(N)c1. The lowest BCUT2D eigenvalue weighted by atomic mass is 10.1. The molecule has 0 aliphatic heterocycles. The van der Waals surface area contributed by atoms with Crippen molar-refractivity contribution in [3.63, 3.8) is 0 Å². The Morgan fingerprint density at radius 1 is 1.35 bits per heavy atom. The topological polar surface area (TPSA) is 73.6 Å². The van der Waals surface area contributed by atoms with Gasteiger partial charge in [0.15, 0.2) is 0 Å². The summed E-state index contributed by atoms with van der Waals surface area (Å²) in [5.74, 6) is 0.268. The van der Waals surface area contributed by atoms with Crippen molar-refractivity contribution in [1.82, 2.24) is 0 Å². The normalized spacial score (nSPS) is 10.6. The van der Waals surface area contributed by atoms with E-state index in [2.05, 4.69) is 23.9 Å². The van der Waals surface area contributed by atoms with Crippen molar-refractivity contribution >= 4 is 17.3 Å². The fraction of sp³-hybridized carbons (Fsp3) is 0.533. The highest BCUT2D eigenvalue weighted by Crippen LogP contribution is 2.20. The largest absolute Gasteiger partial charge is 0.465 e. The zero-order valence-electron chi connectivity index (χ0n) is 12.4. The van der Waals surface area contributed by atoms with Crippen LogP contribution < -0.4 is 11.1 Å². The number of anilines is 2. The van der Waals surface area contributed by atoms with Crippen LogP contribution in [-0.2, 0) is 9.47 Å². The molecule has 0 fully saturated rings. The Hall–Kier alpha value is -1.75. The lowest BCUT2D eigenvalue weighted by Crippen LogP contribution is -2.12. The van der Waals surface area contributed by atoms with E-state index in [-0.39, 0.29) is 5.97 Å². The molecule has 20 heavy (non-hydrogen) atoms. The number of hydrogen-bond donors (Lipinski definition) is 2. The summed E-state index contributed by atoms with van der Waals surface area (Å²) < 4.78 is 10.1. The minimum Gasteiger partial charge on any atom is -0.465 e. The summed E-state index contributed by atoms with van der Waals surface area (Å²) in [7, 11) is 1.35. The van der Waals surface area contributed by atoms with Gasteiger partial charge in [-0.1, -0.05) is 13.8 Å². The third-order valence-electron chi connectivity index (χ3n) is 2.87. The first-order chi connectivity index (χ1) is 9.54. The van der Waals surface area contributed by atoms with E-state index in [4.69, 9.17) is 10.5 Å². The lowest BCUT2D eigenvalue weighted by Gasteiger charge is -2.11. The monoisotopic (exact) mass is 280 g/mol. The zero-order chi connectivity index (χ0) is 15.0. The summed E-state index contributed by atoms with van der Waals surface area (Å²) in [5.41, 5.74) is 7.65. The van der Waals surface area contributed by atoms with E-state index in [1.807, 2.05) is 0 Å². The van der Waals surface area contributed by atoms with Gasteiger partial charge < -0.3 is 20.5 Å². The third kappa shape index (κ3) is 5.48. The van der Waals surface area contributed by atoms with Gasteiger partial charge in [0.25, 0.3) is 0 Å². The number of hydrogen-bond acceptors (Lipinski definition) is 5. The van der Waals surface area contributed by atoms with Crippen molar-refractivity contribution < 1.29 is 14.3 Å². The Morgan fingerprint density at radius 3 is 2.70 bits per heavy atom. The quantitative estimate of drug-likeness (QED) is 0.435. The lowest BCUT2D eigenvalue weighted by molar-refractivity contribution is 0.0601. The van der Waals surface area contributed by atoms with Crippen LogP contribution in [0.15, 0.2) is 18.2 Å². The zero-order valence-corrected chi connectivity index (χ0v) is 12.4. The van der Waals surface area contributed by atoms with Gasteiger partial charge >= 0.3 is 5.97 Å². The predicted octanol–water partition coefficient (Wildman–Crippen LogP) is 2.53. The summed E-state index contributed by atoms with van der Waals surface area (Å²) >= 11 is 0. The molecule has 5 heteroatoms. The molecule has 0 aliphatic carbocycles. The van der Waals surface area contributed by atoms with Crippen molar-refractivity contribution in [3.05, 3.63) is 23.8 Å². The molecular formula is C15H24N2O3. The third-order valence-corrected chi connectivity index (χ3v) is 2.87. The van der Waals surface area contributed by atoms with Crippen molar-refractivity contribution in [1.29, 1.82) is 0 Å². The fourth-order valence-electron chi connectivity index (χ4n) is 1.65. The summed E-state index contributed by atoms with van der Waals surface area (Å²) in [6, 6.07) is 5.06. The van der Waals surface area contributed by atoms with Gasteiger partial charge in [-0.3, -0.25) is 0 Å². The average Bonchev–Trinajstić information content (AvgIpc) is 2.42. The standard InChI is InChI=1S/C15H24N2O3/c1-11(2)6-8-20-9-7-17-14-5-4-12(10-13(14)16)15(18)19-3/h4-5,10-11,17H,6-9,16H2,1-3H3. The smallest absolute Gasteiger partial charge is 0.337 e. The van der Waals surface area contributed by atoms with Crippen LogP contribution in [0.4, 0.5) is 11.4 Å². The summed E-state index contributed by atoms with van der Waals surface area (Å²) in [6.07, 6.45) is 1.07. The summed E-state index contributed by atoms with van der Waals surface area (Å²) in [4.78, 5) is 11.3. The maximum atomic E-state index is 11.3. The molecule has 112 valence electrons. The number of carbonyl (C=O) groups is 1. The molecule has 0 aromatic heterocycles. The van der Waals surface area contributed by atoms with Crippen LogP contribution >= 0.6 is 0 Å². The van der Waals surface area contributed by atoms with Crippen LogP contribution in [0.2, 0.25) is 0 Å². The van der Waals surface area contributed by atoms with Crippen molar-refractivity contribution in [2.45, 2.75) is 20.3 Å². The molecule has 0 amide bonds. The first-order valence-corrected chi connectivity index (χ1v) is 6.84. The maximum Gasteiger partial charge on any atom is 0.337 e. The minimum absolute atomic E-state index is 0.389. The number of carbonyl (C=O) groups excluding carboxylic acids is 1. The van der Waals surface area contributed by atoms with Gasteiger partial charge in [0.05, 0.1) is 30.7 Å². The van der Waals surface area contributed by atoms with E-state index in [9.17, 15) is 4.79 Å². The van der Waals surface area contributed by atoms with Gasteiger partial charge in [0.1, 0.15) is 0 Å². The molecule has 0 bridgehead atoms. The Balaban J connectivity index is 2.36. The van der Waals surface area contributed by atoms with E-state index >= 15 is 0 Å². The van der Waals surface area contributed by atoms with E-state index < -0.39 is 0 Å². The van der Waals surface area contributed by atoms with E-state index in [1.165, 1.54) is 7.11 Å². The molecule has 0 heterocycles. The molecule has 0 saturated heterocycles. The van der Waals surface area contributed by atoms with Crippen LogP contribution in [0.25, 0.3) is 0 Å². The summed E-state index contributed by atoms with van der Waals surface area (Å²) in [6.45, 7) is 6.43. The number of esters is 1. The van der Waals surface area contributed by atoms with Crippen LogP contribution in [-0.4, -0.2) is 32.8 Å². The minimum atomic E-state index is -0.389. The highest BCUT2D eigenvalue weighted by molar-refractivity contribution is 5.91. The molecule has 5 nitrogen and oxygen atoms in total. The molecule has 0 saturated carbocycles. The van der Waals surface area contributed by atoms with E-state index in [0.717, 1.165) is 18.7 Å². The molecule has 1 aromatic rings. The number of methoxy groups -OCH3 is 1. The fourth-order valence-corrected chi connectivity index (χ4v) is 1.65. The molecular weight excluding hydrogens is 256 g/mol. The average molecular weight is 280 g/mol. The Morgan fingerprint density at radius 2 is 2.10 bits per heavy atom. The highest BCUT2D eigenvalue weighted by atomic mass is 16.5. The number of benzene rings is 1.